The maximum atomic E-state index is 8.59. The molecule has 2 nitrogen and oxygen atoms in total. The van der Waals surface area contributed by atoms with Gasteiger partial charge in [0.25, 0.3) is 0 Å². The fraction of sp³-hybridized carbons (Fsp3) is 0.600. The zero-order chi connectivity index (χ0) is 6.41. The van der Waals surface area contributed by atoms with Gasteiger partial charge in [-0.2, -0.15) is 11.8 Å². The zero-order valence-corrected chi connectivity index (χ0v) is 5.61. The van der Waals surface area contributed by atoms with E-state index in [0.29, 0.717) is 6.42 Å². The van der Waals surface area contributed by atoms with E-state index in [0.717, 1.165) is 12.0 Å². The number of aliphatic hydroxyl groups is 2. The molecule has 8 heavy (non-hydrogen) atoms. The third-order valence-electron chi connectivity index (χ3n) is 0.711. The average molecular weight is 134 g/mol. The highest BCUT2D eigenvalue weighted by Crippen LogP contribution is 2.01. The lowest BCUT2D eigenvalue weighted by atomic mass is 10.4. The summed E-state index contributed by atoms with van der Waals surface area (Å²) >= 11 is 1.63. The lowest BCUT2D eigenvalue weighted by Crippen LogP contribution is -1.83. The van der Waals surface area contributed by atoms with Crippen molar-refractivity contribution >= 4 is 11.8 Å². The summed E-state index contributed by atoms with van der Waals surface area (Å²) in [5.41, 5.74) is 0. The van der Waals surface area contributed by atoms with Gasteiger partial charge >= 0.3 is 0 Å². The van der Waals surface area contributed by atoms with E-state index >= 15 is 0 Å². The number of aliphatic hydroxyl groups excluding tert-OH is 2. The van der Waals surface area contributed by atoms with Crippen molar-refractivity contribution in [3.63, 3.8) is 0 Å². The van der Waals surface area contributed by atoms with Gasteiger partial charge in [-0.05, 0) is 6.26 Å². The number of thioether (sulfide) groups is 1. The minimum atomic E-state index is 0.0550. The summed E-state index contributed by atoms with van der Waals surface area (Å²) in [6.45, 7) is 0. The molecule has 0 aromatic carbocycles. The van der Waals surface area contributed by atoms with Crippen LogP contribution in [-0.2, 0) is 0 Å². The molecule has 0 amide bonds. The van der Waals surface area contributed by atoms with E-state index < -0.39 is 0 Å². The quantitative estimate of drug-likeness (QED) is 0.577. The molecule has 3 heteroatoms. The Kier molecular flexibility index (Phi) is 4.65. The second-order valence-electron chi connectivity index (χ2n) is 1.36. The summed E-state index contributed by atoms with van der Waals surface area (Å²) in [4.78, 5) is 0. The molecule has 0 aliphatic heterocycles. The highest BCUT2D eigenvalue weighted by Gasteiger charge is 1.88. The Morgan fingerprint density at radius 3 is 2.75 bits per heavy atom. The predicted octanol–water partition coefficient (Wildman–Crippen LogP) is 1.70. The molecule has 0 unspecified atom stereocenters. The van der Waals surface area contributed by atoms with E-state index in [9.17, 15) is 0 Å². The molecule has 0 spiro atoms. The van der Waals surface area contributed by atoms with Gasteiger partial charge in [0.05, 0.1) is 0 Å². The van der Waals surface area contributed by atoms with Gasteiger partial charge in [-0.25, -0.2) is 0 Å². The van der Waals surface area contributed by atoms with Gasteiger partial charge in [0.2, 0.25) is 0 Å². The SMILES string of the molecule is CSCC/C(O)=C\O. The van der Waals surface area contributed by atoms with E-state index in [1.165, 1.54) is 0 Å². The van der Waals surface area contributed by atoms with Gasteiger partial charge in [-0.15, -0.1) is 0 Å². The number of rotatable bonds is 3. The van der Waals surface area contributed by atoms with Crippen LogP contribution in [0.25, 0.3) is 0 Å². The summed E-state index contributed by atoms with van der Waals surface area (Å²) in [6.07, 6.45) is 3.23. The van der Waals surface area contributed by atoms with Crippen LogP contribution < -0.4 is 0 Å². The van der Waals surface area contributed by atoms with Crippen LogP contribution in [0, 0.1) is 0 Å². The normalized spacial score (nSPS) is 11.9. The Morgan fingerprint density at radius 2 is 2.38 bits per heavy atom. The van der Waals surface area contributed by atoms with Crippen molar-refractivity contribution in [2.45, 2.75) is 6.42 Å². The molecule has 0 saturated heterocycles. The molecular formula is C5H10O2S. The fourth-order valence-electron chi connectivity index (χ4n) is 0.271. The van der Waals surface area contributed by atoms with E-state index in [-0.39, 0.29) is 5.76 Å². The molecule has 0 saturated carbocycles. The van der Waals surface area contributed by atoms with Crippen LogP contribution in [0.5, 0.6) is 0 Å². The lowest BCUT2D eigenvalue weighted by molar-refractivity contribution is 0.349. The highest BCUT2D eigenvalue weighted by molar-refractivity contribution is 7.98. The first-order valence-corrected chi connectivity index (χ1v) is 3.71. The maximum absolute atomic E-state index is 8.59. The van der Waals surface area contributed by atoms with Crippen LogP contribution in [0.1, 0.15) is 6.42 Å². The Labute approximate surface area is 53.2 Å². The second kappa shape index (κ2) is 4.84. The molecule has 2 N–H and O–H groups in total. The minimum absolute atomic E-state index is 0.0550. The Balaban J connectivity index is 3.12. The largest absolute Gasteiger partial charge is 0.512 e. The molecular weight excluding hydrogens is 124 g/mol. The monoisotopic (exact) mass is 134 g/mol. The van der Waals surface area contributed by atoms with E-state index in [1.54, 1.807) is 11.8 Å². The molecule has 0 aromatic rings. The fourth-order valence-corrected chi connectivity index (χ4v) is 0.684. The summed E-state index contributed by atoms with van der Waals surface area (Å²) in [7, 11) is 0. The van der Waals surface area contributed by atoms with Crippen LogP contribution in [0.3, 0.4) is 0 Å². The number of allylic oxidation sites excluding steroid dienone is 1. The van der Waals surface area contributed by atoms with E-state index in [1.807, 2.05) is 6.26 Å². The molecule has 0 aromatic heterocycles. The van der Waals surface area contributed by atoms with Crippen molar-refractivity contribution < 1.29 is 10.2 Å². The summed E-state index contributed by atoms with van der Waals surface area (Å²) in [6, 6.07) is 0. The first kappa shape index (κ1) is 7.69. The molecule has 0 fully saturated rings. The third-order valence-corrected chi connectivity index (χ3v) is 1.32. The van der Waals surface area contributed by atoms with Crippen LogP contribution in [0.2, 0.25) is 0 Å². The molecule has 48 valence electrons. The topological polar surface area (TPSA) is 40.5 Å². The highest BCUT2D eigenvalue weighted by atomic mass is 32.2. The van der Waals surface area contributed by atoms with Crippen molar-refractivity contribution in [2.24, 2.45) is 0 Å². The van der Waals surface area contributed by atoms with Crippen molar-refractivity contribution in [1.29, 1.82) is 0 Å². The van der Waals surface area contributed by atoms with Crippen LogP contribution in [-0.4, -0.2) is 22.2 Å². The van der Waals surface area contributed by atoms with Crippen LogP contribution >= 0.6 is 11.8 Å². The van der Waals surface area contributed by atoms with Crippen molar-refractivity contribution in [3.8, 4) is 0 Å². The van der Waals surface area contributed by atoms with Gasteiger partial charge in [0.1, 0.15) is 12.0 Å². The molecule has 0 aliphatic rings. The van der Waals surface area contributed by atoms with Crippen LogP contribution in [0.15, 0.2) is 12.0 Å². The Hall–Kier alpha value is -0.310. The van der Waals surface area contributed by atoms with Crippen molar-refractivity contribution in [1.82, 2.24) is 0 Å². The predicted molar refractivity (Wildman–Crippen MR) is 36.3 cm³/mol. The molecule has 0 heterocycles. The summed E-state index contributed by atoms with van der Waals surface area (Å²) < 4.78 is 0. The molecule has 0 radical (unpaired) electrons. The zero-order valence-electron chi connectivity index (χ0n) is 4.79. The lowest BCUT2D eigenvalue weighted by Gasteiger charge is -1.92. The van der Waals surface area contributed by atoms with Gasteiger partial charge in [0, 0.05) is 12.2 Å². The van der Waals surface area contributed by atoms with Gasteiger partial charge in [-0.1, -0.05) is 0 Å². The smallest absolute Gasteiger partial charge is 0.127 e. The number of hydrogen-bond acceptors (Lipinski definition) is 3. The molecule has 0 rings (SSSR count). The second-order valence-corrected chi connectivity index (χ2v) is 2.35. The summed E-state index contributed by atoms with van der Waals surface area (Å²) in [5, 5.41) is 16.7. The Bertz CT molecular complexity index is 80.5. The van der Waals surface area contributed by atoms with Crippen molar-refractivity contribution in [3.05, 3.63) is 12.0 Å². The Morgan fingerprint density at radius 1 is 1.75 bits per heavy atom. The molecule has 0 atom stereocenters. The third kappa shape index (κ3) is 3.87. The number of hydrogen-bond donors (Lipinski definition) is 2. The van der Waals surface area contributed by atoms with E-state index in [2.05, 4.69) is 0 Å². The first-order valence-electron chi connectivity index (χ1n) is 2.32. The standard InChI is InChI=1S/C5H10O2S/c1-8-3-2-5(7)4-6/h4,6-7H,2-3H2,1H3/b5-4+. The van der Waals surface area contributed by atoms with E-state index in [4.69, 9.17) is 10.2 Å². The first-order chi connectivity index (χ1) is 3.81. The molecule has 0 aliphatic carbocycles. The van der Waals surface area contributed by atoms with Gasteiger partial charge in [0.15, 0.2) is 0 Å². The van der Waals surface area contributed by atoms with Crippen LogP contribution in [0.4, 0.5) is 0 Å². The maximum Gasteiger partial charge on any atom is 0.127 e. The van der Waals surface area contributed by atoms with Crippen molar-refractivity contribution in [2.75, 3.05) is 12.0 Å². The van der Waals surface area contributed by atoms with Gasteiger partial charge in [-0.3, -0.25) is 0 Å². The minimum Gasteiger partial charge on any atom is -0.512 e. The average Bonchev–Trinajstić information content (AvgIpc) is 1.83. The summed E-state index contributed by atoms with van der Waals surface area (Å²) in [5.74, 6) is 0.905. The molecule has 0 bridgehead atoms. The van der Waals surface area contributed by atoms with Gasteiger partial charge < -0.3 is 10.2 Å².